The molecule has 2 aromatic rings. The molecule has 0 bridgehead atoms. The second-order valence-corrected chi connectivity index (χ2v) is 3.53. The van der Waals surface area contributed by atoms with E-state index >= 15 is 0 Å². The molecule has 0 saturated heterocycles. The standard InChI is InChI=1S/C14H14N2/c1-2-13-6-3-7-14(16-13)9-8-12-5-4-10-15-11-12/h3-11H,2H2,1H3. The molecule has 0 amide bonds. The Morgan fingerprint density at radius 2 is 2.06 bits per heavy atom. The zero-order valence-corrected chi connectivity index (χ0v) is 9.30. The van der Waals surface area contributed by atoms with Crippen LogP contribution in [0.4, 0.5) is 0 Å². The molecule has 0 aromatic carbocycles. The molecule has 0 radical (unpaired) electrons. The van der Waals surface area contributed by atoms with Crippen LogP contribution in [-0.4, -0.2) is 9.97 Å². The maximum Gasteiger partial charge on any atom is 0.0633 e. The summed E-state index contributed by atoms with van der Waals surface area (Å²) in [6.07, 6.45) is 8.60. The number of aryl methyl sites for hydroxylation is 1. The minimum Gasteiger partial charge on any atom is -0.264 e. The van der Waals surface area contributed by atoms with Gasteiger partial charge in [0, 0.05) is 18.1 Å². The number of nitrogens with zero attached hydrogens (tertiary/aromatic N) is 2. The van der Waals surface area contributed by atoms with Gasteiger partial charge in [-0.3, -0.25) is 9.97 Å². The van der Waals surface area contributed by atoms with Crippen molar-refractivity contribution in [2.45, 2.75) is 13.3 Å². The highest BCUT2D eigenvalue weighted by Gasteiger charge is 1.92. The molecule has 0 spiro atoms. The van der Waals surface area contributed by atoms with Gasteiger partial charge in [-0.15, -0.1) is 0 Å². The lowest BCUT2D eigenvalue weighted by molar-refractivity contribution is 1.03. The van der Waals surface area contributed by atoms with Gasteiger partial charge in [0.15, 0.2) is 0 Å². The Balaban J connectivity index is 2.17. The van der Waals surface area contributed by atoms with Gasteiger partial charge in [0.1, 0.15) is 0 Å². The summed E-state index contributed by atoms with van der Waals surface area (Å²) in [4.78, 5) is 8.56. The van der Waals surface area contributed by atoms with Gasteiger partial charge in [-0.1, -0.05) is 25.1 Å². The van der Waals surface area contributed by atoms with Gasteiger partial charge in [-0.2, -0.15) is 0 Å². The Hall–Kier alpha value is -1.96. The van der Waals surface area contributed by atoms with Crippen LogP contribution in [0.15, 0.2) is 42.7 Å². The summed E-state index contributed by atoms with van der Waals surface area (Å²) in [6.45, 7) is 2.11. The predicted molar refractivity (Wildman–Crippen MR) is 66.8 cm³/mol. The van der Waals surface area contributed by atoms with Crippen LogP contribution in [0, 0.1) is 0 Å². The molecular formula is C14H14N2. The minimum atomic E-state index is 0.967. The van der Waals surface area contributed by atoms with Crippen molar-refractivity contribution in [1.29, 1.82) is 0 Å². The van der Waals surface area contributed by atoms with Crippen LogP contribution in [0.2, 0.25) is 0 Å². The first kappa shape index (κ1) is 10.6. The van der Waals surface area contributed by atoms with Crippen LogP contribution in [0.1, 0.15) is 23.9 Å². The number of pyridine rings is 2. The van der Waals surface area contributed by atoms with Gasteiger partial charge in [-0.25, -0.2) is 0 Å². The summed E-state index contributed by atoms with van der Waals surface area (Å²) >= 11 is 0. The van der Waals surface area contributed by atoms with Crippen molar-refractivity contribution in [2.75, 3.05) is 0 Å². The van der Waals surface area contributed by atoms with Crippen LogP contribution in [-0.2, 0) is 6.42 Å². The quantitative estimate of drug-likeness (QED) is 0.777. The molecule has 2 heterocycles. The molecule has 0 N–H and O–H groups in total. The van der Waals surface area contributed by atoms with E-state index in [2.05, 4.69) is 16.9 Å². The van der Waals surface area contributed by atoms with E-state index in [1.807, 2.05) is 48.7 Å². The summed E-state index contributed by atoms with van der Waals surface area (Å²) in [7, 11) is 0. The van der Waals surface area contributed by atoms with Gasteiger partial charge in [0.05, 0.1) is 5.69 Å². The van der Waals surface area contributed by atoms with E-state index in [9.17, 15) is 0 Å². The predicted octanol–water partition coefficient (Wildman–Crippen LogP) is 3.21. The van der Waals surface area contributed by atoms with Crippen molar-refractivity contribution in [3.63, 3.8) is 0 Å². The molecule has 2 heteroatoms. The van der Waals surface area contributed by atoms with Gasteiger partial charge < -0.3 is 0 Å². The van der Waals surface area contributed by atoms with Crippen molar-refractivity contribution < 1.29 is 0 Å². The topological polar surface area (TPSA) is 25.8 Å². The summed E-state index contributed by atoms with van der Waals surface area (Å²) in [5, 5.41) is 0. The van der Waals surface area contributed by atoms with Crippen LogP contribution in [0.25, 0.3) is 12.2 Å². The fourth-order valence-corrected chi connectivity index (χ4v) is 1.44. The minimum absolute atomic E-state index is 0.967. The third-order valence-corrected chi connectivity index (χ3v) is 2.32. The molecule has 0 fully saturated rings. The molecule has 0 saturated carbocycles. The first-order valence-electron chi connectivity index (χ1n) is 5.42. The Bertz CT molecular complexity index is 475. The van der Waals surface area contributed by atoms with Crippen LogP contribution >= 0.6 is 0 Å². The van der Waals surface area contributed by atoms with E-state index in [-0.39, 0.29) is 0 Å². The largest absolute Gasteiger partial charge is 0.264 e. The van der Waals surface area contributed by atoms with E-state index < -0.39 is 0 Å². The van der Waals surface area contributed by atoms with Crippen LogP contribution < -0.4 is 0 Å². The lowest BCUT2D eigenvalue weighted by atomic mass is 10.2. The molecule has 0 aliphatic carbocycles. The van der Waals surface area contributed by atoms with Gasteiger partial charge in [0.2, 0.25) is 0 Å². The average molecular weight is 210 g/mol. The molecule has 0 aliphatic rings. The lowest BCUT2D eigenvalue weighted by Gasteiger charge is -1.97. The van der Waals surface area contributed by atoms with Gasteiger partial charge in [-0.05, 0) is 36.3 Å². The van der Waals surface area contributed by atoms with Gasteiger partial charge in [0.25, 0.3) is 0 Å². The molecule has 0 unspecified atom stereocenters. The highest BCUT2D eigenvalue weighted by molar-refractivity contribution is 5.67. The van der Waals surface area contributed by atoms with Crippen molar-refractivity contribution in [2.24, 2.45) is 0 Å². The number of rotatable bonds is 3. The zero-order valence-electron chi connectivity index (χ0n) is 9.30. The molecule has 2 nitrogen and oxygen atoms in total. The molecule has 0 aliphatic heterocycles. The Labute approximate surface area is 95.7 Å². The van der Waals surface area contributed by atoms with Crippen molar-refractivity contribution in [3.05, 3.63) is 59.7 Å². The molecule has 0 atom stereocenters. The molecule has 2 rings (SSSR count). The lowest BCUT2D eigenvalue weighted by Crippen LogP contribution is -1.88. The maximum atomic E-state index is 4.50. The van der Waals surface area contributed by atoms with Gasteiger partial charge >= 0.3 is 0 Å². The molecule has 80 valence electrons. The Morgan fingerprint density at radius 3 is 2.81 bits per heavy atom. The number of hydrogen-bond donors (Lipinski definition) is 0. The van der Waals surface area contributed by atoms with Crippen LogP contribution in [0.5, 0.6) is 0 Å². The first-order chi connectivity index (χ1) is 7.88. The molecule has 16 heavy (non-hydrogen) atoms. The summed E-state index contributed by atoms with van der Waals surface area (Å²) in [5.41, 5.74) is 3.20. The van der Waals surface area contributed by atoms with E-state index in [1.165, 1.54) is 0 Å². The Morgan fingerprint density at radius 1 is 1.12 bits per heavy atom. The molecule has 2 aromatic heterocycles. The number of aromatic nitrogens is 2. The Kier molecular flexibility index (Phi) is 3.44. The van der Waals surface area contributed by atoms with E-state index in [0.717, 1.165) is 23.4 Å². The fraction of sp³-hybridized carbons (Fsp3) is 0.143. The third kappa shape index (κ3) is 2.76. The van der Waals surface area contributed by atoms with Crippen molar-refractivity contribution in [1.82, 2.24) is 9.97 Å². The number of hydrogen-bond acceptors (Lipinski definition) is 2. The van der Waals surface area contributed by atoms with E-state index in [4.69, 9.17) is 0 Å². The summed E-state index contributed by atoms with van der Waals surface area (Å²) < 4.78 is 0. The highest BCUT2D eigenvalue weighted by Crippen LogP contribution is 2.06. The summed E-state index contributed by atoms with van der Waals surface area (Å²) in [6, 6.07) is 10.0. The summed E-state index contributed by atoms with van der Waals surface area (Å²) in [5.74, 6) is 0. The maximum absolute atomic E-state index is 4.50. The SMILES string of the molecule is CCc1cccc(C=Cc2cccnc2)n1. The first-order valence-corrected chi connectivity index (χ1v) is 5.42. The zero-order chi connectivity index (χ0) is 11.2. The van der Waals surface area contributed by atoms with Crippen molar-refractivity contribution >= 4 is 12.2 Å². The van der Waals surface area contributed by atoms with Crippen molar-refractivity contribution in [3.8, 4) is 0 Å². The fourth-order valence-electron chi connectivity index (χ4n) is 1.44. The third-order valence-electron chi connectivity index (χ3n) is 2.32. The highest BCUT2D eigenvalue weighted by atomic mass is 14.7. The van der Waals surface area contributed by atoms with E-state index in [0.29, 0.717) is 0 Å². The average Bonchev–Trinajstić information content (AvgIpc) is 2.38. The van der Waals surface area contributed by atoms with Crippen LogP contribution in [0.3, 0.4) is 0 Å². The molecular weight excluding hydrogens is 196 g/mol. The second kappa shape index (κ2) is 5.21. The van der Waals surface area contributed by atoms with E-state index in [1.54, 1.807) is 6.20 Å². The monoisotopic (exact) mass is 210 g/mol. The second-order valence-electron chi connectivity index (χ2n) is 3.53. The smallest absolute Gasteiger partial charge is 0.0633 e. The normalized spacial score (nSPS) is 10.8.